The van der Waals surface area contributed by atoms with Crippen molar-refractivity contribution in [3.8, 4) is 0 Å². The van der Waals surface area contributed by atoms with Crippen molar-refractivity contribution < 1.29 is 19.2 Å². The van der Waals surface area contributed by atoms with Crippen LogP contribution in [0.2, 0.25) is 5.02 Å². The summed E-state index contributed by atoms with van der Waals surface area (Å²) >= 11 is 13.3. The Bertz CT molecular complexity index is 1650. The molecular formula is C26H11Br2ClN2O4. The van der Waals surface area contributed by atoms with Crippen LogP contribution in [0.3, 0.4) is 0 Å². The fourth-order valence-electron chi connectivity index (χ4n) is 4.57. The fraction of sp³-hybridized carbons (Fsp3) is 0. The summed E-state index contributed by atoms with van der Waals surface area (Å²) in [4.78, 5) is 56.1. The van der Waals surface area contributed by atoms with E-state index in [2.05, 4.69) is 31.9 Å². The maximum atomic E-state index is 13.6. The third kappa shape index (κ3) is 3.14. The molecule has 6 rings (SSSR count). The van der Waals surface area contributed by atoms with Gasteiger partial charge in [-0.2, -0.15) is 0 Å². The molecule has 6 nitrogen and oxygen atoms in total. The maximum Gasteiger partial charge on any atom is 0.267 e. The van der Waals surface area contributed by atoms with Crippen LogP contribution in [0.25, 0.3) is 10.8 Å². The molecule has 4 aromatic rings. The van der Waals surface area contributed by atoms with E-state index in [0.29, 0.717) is 11.4 Å². The average Bonchev–Trinajstić information content (AvgIpc) is 2.84. The van der Waals surface area contributed by atoms with E-state index in [0.717, 1.165) is 18.7 Å². The number of halogens is 3. The summed E-state index contributed by atoms with van der Waals surface area (Å²) in [5, 5.41) is 0.525. The Morgan fingerprint density at radius 3 is 1.49 bits per heavy atom. The standard InChI is InChI=1S/C26H11Br2ClN2O4/c27-12-1-5-14(6-2-12)30-23(32)16-9-10-17-21-20(16)18(25(30)34)11-19(29)22(21)26(35)31(24(17)33)15-7-3-13(28)4-8-15/h1-11H. The summed E-state index contributed by atoms with van der Waals surface area (Å²) < 4.78 is 1.59. The molecule has 0 N–H and O–H groups in total. The topological polar surface area (TPSA) is 74.8 Å². The first kappa shape index (κ1) is 22.2. The van der Waals surface area contributed by atoms with Gasteiger partial charge >= 0.3 is 0 Å². The van der Waals surface area contributed by atoms with E-state index in [-0.39, 0.29) is 38.0 Å². The Labute approximate surface area is 220 Å². The molecular weight excluding hydrogens is 600 g/mol. The smallest absolute Gasteiger partial charge is 0.267 e. The Balaban J connectivity index is 1.59. The number of nitrogens with zero attached hydrogens (tertiary/aromatic N) is 2. The zero-order chi connectivity index (χ0) is 24.6. The quantitative estimate of drug-likeness (QED) is 0.239. The molecule has 170 valence electrons. The highest BCUT2D eigenvalue weighted by atomic mass is 79.9. The van der Waals surface area contributed by atoms with Crippen LogP contribution in [0.1, 0.15) is 41.4 Å². The van der Waals surface area contributed by atoms with Crippen LogP contribution in [0, 0.1) is 0 Å². The predicted octanol–water partition coefficient (Wildman–Crippen LogP) is 6.62. The number of amides is 4. The summed E-state index contributed by atoms with van der Waals surface area (Å²) in [6.07, 6.45) is 0. The van der Waals surface area contributed by atoms with E-state index in [1.165, 1.54) is 18.2 Å². The molecule has 4 aromatic carbocycles. The number of rotatable bonds is 2. The van der Waals surface area contributed by atoms with Gasteiger partial charge in [0.25, 0.3) is 23.6 Å². The van der Waals surface area contributed by atoms with Crippen LogP contribution in [0.5, 0.6) is 0 Å². The van der Waals surface area contributed by atoms with Crippen molar-refractivity contribution in [1.82, 2.24) is 0 Å². The number of imide groups is 2. The van der Waals surface area contributed by atoms with Crippen LogP contribution in [0.15, 0.2) is 75.7 Å². The Kier molecular flexibility index (Phi) is 4.96. The van der Waals surface area contributed by atoms with Crippen molar-refractivity contribution in [2.24, 2.45) is 0 Å². The highest BCUT2D eigenvalue weighted by Crippen LogP contribution is 2.43. The van der Waals surface area contributed by atoms with Crippen molar-refractivity contribution in [2.45, 2.75) is 0 Å². The monoisotopic (exact) mass is 608 g/mol. The molecule has 0 radical (unpaired) electrons. The lowest BCUT2D eigenvalue weighted by molar-refractivity contribution is 0.0873. The lowest BCUT2D eigenvalue weighted by Crippen LogP contribution is -2.43. The minimum absolute atomic E-state index is 0.0315. The molecule has 0 saturated heterocycles. The van der Waals surface area contributed by atoms with Gasteiger partial charge in [-0.05, 0) is 66.7 Å². The van der Waals surface area contributed by atoms with Crippen LogP contribution in [-0.2, 0) is 0 Å². The molecule has 0 aromatic heterocycles. The molecule has 0 atom stereocenters. The van der Waals surface area contributed by atoms with Gasteiger partial charge < -0.3 is 0 Å². The summed E-state index contributed by atoms with van der Waals surface area (Å²) in [6, 6.07) is 17.9. The van der Waals surface area contributed by atoms with Crippen LogP contribution >= 0.6 is 43.5 Å². The first-order valence-corrected chi connectivity index (χ1v) is 12.3. The lowest BCUT2D eigenvalue weighted by atomic mass is 9.85. The summed E-state index contributed by atoms with van der Waals surface area (Å²) in [5.41, 5.74) is 1.44. The molecule has 2 aliphatic heterocycles. The van der Waals surface area contributed by atoms with Gasteiger partial charge in [-0.1, -0.05) is 43.5 Å². The van der Waals surface area contributed by atoms with E-state index in [1.807, 2.05) is 0 Å². The van der Waals surface area contributed by atoms with Gasteiger partial charge in [0.05, 0.1) is 27.5 Å². The number of anilines is 2. The SMILES string of the molecule is O=C1c2ccc3c4c(c(Cl)cc(c24)C(=O)N1c1ccc(Br)cc1)C(=O)N(c1ccc(Br)cc1)C3=O. The Morgan fingerprint density at radius 2 is 0.971 bits per heavy atom. The average molecular weight is 611 g/mol. The predicted molar refractivity (Wildman–Crippen MR) is 140 cm³/mol. The molecule has 4 amide bonds. The van der Waals surface area contributed by atoms with E-state index < -0.39 is 23.6 Å². The molecule has 9 heteroatoms. The summed E-state index contributed by atoms with van der Waals surface area (Å²) in [5.74, 6) is -2.29. The second-order valence-corrected chi connectivity index (χ2v) is 10.3. The number of carbonyl (C=O) groups is 4. The molecule has 35 heavy (non-hydrogen) atoms. The van der Waals surface area contributed by atoms with E-state index in [9.17, 15) is 19.2 Å². The zero-order valence-electron chi connectivity index (χ0n) is 17.5. The first-order chi connectivity index (χ1) is 16.8. The van der Waals surface area contributed by atoms with Gasteiger partial charge in [0, 0.05) is 30.8 Å². The Hall–Kier alpha value is -3.33. The van der Waals surface area contributed by atoms with Crippen LogP contribution < -0.4 is 9.80 Å². The van der Waals surface area contributed by atoms with Crippen molar-refractivity contribution >= 4 is 89.2 Å². The molecule has 0 fully saturated rings. The second-order valence-electron chi connectivity index (χ2n) is 8.04. The molecule has 0 spiro atoms. The number of hydrogen-bond acceptors (Lipinski definition) is 4. The van der Waals surface area contributed by atoms with Gasteiger partial charge in [-0.15, -0.1) is 0 Å². The third-order valence-corrected chi connectivity index (χ3v) is 7.48. The number of benzene rings is 4. The van der Waals surface area contributed by atoms with Gasteiger partial charge in [0.2, 0.25) is 0 Å². The minimum atomic E-state index is -0.617. The lowest BCUT2D eigenvalue weighted by Gasteiger charge is -2.32. The molecule has 0 bridgehead atoms. The van der Waals surface area contributed by atoms with Crippen molar-refractivity contribution in [3.05, 3.63) is 103 Å². The number of hydrogen-bond donors (Lipinski definition) is 0. The third-order valence-electron chi connectivity index (χ3n) is 6.12. The fourth-order valence-corrected chi connectivity index (χ4v) is 5.39. The van der Waals surface area contributed by atoms with Gasteiger partial charge in [-0.25, -0.2) is 9.80 Å². The molecule has 0 saturated carbocycles. The molecule has 0 unspecified atom stereocenters. The summed E-state index contributed by atoms with van der Waals surface area (Å²) in [7, 11) is 0. The Morgan fingerprint density at radius 1 is 0.543 bits per heavy atom. The van der Waals surface area contributed by atoms with E-state index >= 15 is 0 Å². The van der Waals surface area contributed by atoms with E-state index in [4.69, 9.17) is 11.6 Å². The summed E-state index contributed by atoms with van der Waals surface area (Å²) in [6.45, 7) is 0. The first-order valence-electron chi connectivity index (χ1n) is 10.4. The van der Waals surface area contributed by atoms with Crippen LogP contribution in [-0.4, -0.2) is 23.6 Å². The van der Waals surface area contributed by atoms with Crippen molar-refractivity contribution in [2.75, 3.05) is 9.80 Å². The van der Waals surface area contributed by atoms with Gasteiger partial charge in [-0.3, -0.25) is 19.2 Å². The van der Waals surface area contributed by atoms with Crippen molar-refractivity contribution in [1.29, 1.82) is 0 Å². The maximum absolute atomic E-state index is 13.6. The van der Waals surface area contributed by atoms with Gasteiger partial charge in [0.1, 0.15) is 0 Å². The molecule has 0 aliphatic carbocycles. The number of carbonyl (C=O) groups excluding carboxylic acids is 4. The highest BCUT2D eigenvalue weighted by molar-refractivity contribution is 9.10. The highest BCUT2D eigenvalue weighted by Gasteiger charge is 2.42. The molecule has 2 heterocycles. The van der Waals surface area contributed by atoms with Crippen LogP contribution in [0.4, 0.5) is 11.4 Å². The van der Waals surface area contributed by atoms with E-state index in [1.54, 1.807) is 48.5 Å². The normalized spacial score (nSPS) is 14.8. The molecule has 2 aliphatic rings. The largest absolute Gasteiger partial charge is 0.268 e. The second kappa shape index (κ2) is 7.84. The minimum Gasteiger partial charge on any atom is -0.268 e. The van der Waals surface area contributed by atoms with Gasteiger partial charge in [0.15, 0.2) is 0 Å². The zero-order valence-corrected chi connectivity index (χ0v) is 21.4. The van der Waals surface area contributed by atoms with Crippen molar-refractivity contribution in [3.63, 3.8) is 0 Å².